The van der Waals surface area contributed by atoms with E-state index in [-0.39, 0.29) is 4.62 Å². The lowest BCUT2D eigenvalue weighted by molar-refractivity contribution is 0.906. The highest BCUT2D eigenvalue weighted by atomic mass is 35.5. The van der Waals surface area contributed by atoms with Crippen LogP contribution in [0.4, 0.5) is 0 Å². The molecule has 2 atom stereocenters. The van der Waals surface area contributed by atoms with Gasteiger partial charge in [-0.25, -0.2) is 0 Å². The van der Waals surface area contributed by atoms with E-state index in [4.69, 9.17) is 11.6 Å². The molecule has 1 aliphatic carbocycles. The van der Waals surface area contributed by atoms with E-state index >= 15 is 0 Å². The van der Waals surface area contributed by atoms with Gasteiger partial charge in [-0.05, 0) is 6.42 Å². The molecule has 0 aliphatic heterocycles. The summed E-state index contributed by atoms with van der Waals surface area (Å²) in [5.74, 6) is 0. The van der Waals surface area contributed by atoms with E-state index < -0.39 is 0 Å². The fourth-order valence-electron chi connectivity index (χ4n) is 0.343. The minimum atomic E-state index is -0.0694. The maximum absolute atomic E-state index is 5.68. The van der Waals surface area contributed by atoms with Gasteiger partial charge in [-0.1, -0.05) is 12.2 Å². The Labute approximate surface area is 44.8 Å². The van der Waals surface area contributed by atoms with Gasteiger partial charge < -0.3 is 0 Å². The van der Waals surface area contributed by atoms with Gasteiger partial charge in [-0.3, -0.25) is 0 Å². The summed E-state index contributed by atoms with van der Waals surface area (Å²) < 4.78 is -0.0694. The molecule has 0 amide bonds. The fourth-order valence-corrected chi connectivity index (χ4v) is 0.793. The molecule has 0 spiro atoms. The first-order valence-electron chi connectivity index (χ1n) is 1.86. The van der Waals surface area contributed by atoms with Crippen LogP contribution in [0.1, 0.15) is 6.42 Å². The summed E-state index contributed by atoms with van der Waals surface area (Å²) in [4.78, 5) is 0. The van der Waals surface area contributed by atoms with Crippen LogP contribution in [-0.2, 0) is 0 Å². The molecular weight excluding hydrogens is 114 g/mol. The van der Waals surface area contributed by atoms with E-state index in [2.05, 4.69) is 15.3 Å². The molecule has 6 heavy (non-hydrogen) atoms. The van der Waals surface area contributed by atoms with Gasteiger partial charge in [0.25, 0.3) is 0 Å². The van der Waals surface area contributed by atoms with Crippen LogP contribution in [0, 0.1) is 0 Å². The molecule has 0 heterocycles. The lowest BCUT2D eigenvalue weighted by Crippen LogP contribution is -2.12. The molecule has 34 valence electrons. The number of hydrogen-bond acceptors (Lipinski definition) is 0. The van der Waals surface area contributed by atoms with E-state index in [9.17, 15) is 0 Å². The highest BCUT2D eigenvalue weighted by molar-refractivity contribution is 7.23. The molecule has 0 saturated heterocycles. The third-order valence-corrected chi connectivity index (χ3v) is 1.53. The average Bonchev–Trinajstić information content (AvgIpc) is 1.32. The average molecular weight is 121 g/mol. The first kappa shape index (κ1) is 4.61. The Morgan fingerprint density at radius 3 is 2.17 bits per heavy atom. The molecule has 0 aromatic carbocycles. The minimum Gasteiger partial charge on any atom is -0.111 e. The highest BCUT2D eigenvalue weighted by Crippen LogP contribution is 2.36. The Balaban J connectivity index is 2.57. The fraction of sp³-hybridized carbons (Fsp3) is 0.500. The zero-order chi connectivity index (χ0) is 4.62. The Morgan fingerprint density at radius 2 is 2.17 bits per heavy atom. The number of rotatable bonds is 0. The Hall–Kier alpha value is 0.460. The van der Waals surface area contributed by atoms with Gasteiger partial charge in [0.05, 0.1) is 4.62 Å². The normalized spacial score (nSPS) is 42.3. The van der Waals surface area contributed by atoms with Crippen molar-refractivity contribution >= 4 is 20.8 Å². The minimum absolute atomic E-state index is 0.0694. The van der Waals surface area contributed by atoms with Crippen molar-refractivity contribution in [1.82, 2.24) is 0 Å². The molecule has 0 nitrogen and oxygen atoms in total. The van der Waals surface area contributed by atoms with Crippen LogP contribution in [0.25, 0.3) is 0 Å². The van der Waals surface area contributed by atoms with Crippen molar-refractivity contribution in [2.24, 2.45) is 0 Å². The standard InChI is InChI=1S/C4H6ClP/c5-4(6)2-1-3-4/h1-2H,3,6H2. The maximum Gasteiger partial charge on any atom is 0.0795 e. The van der Waals surface area contributed by atoms with Gasteiger partial charge in [0.1, 0.15) is 0 Å². The van der Waals surface area contributed by atoms with Gasteiger partial charge >= 0.3 is 0 Å². The van der Waals surface area contributed by atoms with Crippen molar-refractivity contribution in [2.75, 3.05) is 0 Å². The Morgan fingerprint density at radius 1 is 1.83 bits per heavy atom. The largest absolute Gasteiger partial charge is 0.111 e. The zero-order valence-electron chi connectivity index (χ0n) is 3.32. The lowest BCUT2D eigenvalue weighted by atomic mass is 10.1. The van der Waals surface area contributed by atoms with Gasteiger partial charge in [-0.2, -0.15) is 0 Å². The summed E-state index contributed by atoms with van der Waals surface area (Å²) in [5, 5.41) is 0. The van der Waals surface area contributed by atoms with Crippen molar-refractivity contribution in [3.8, 4) is 0 Å². The molecule has 0 saturated carbocycles. The maximum atomic E-state index is 5.68. The Kier molecular flexibility index (Phi) is 0.933. The second-order valence-electron chi connectivity index (χ2n) is 1.53. The van der Waals surface area contributed by atoms with Crippen LogP contribution < -0.4 is 0 Å². The summed E-state index contributed by atoms with van der Waals surface area (Å²) in [7, 11) is 2.56. The third kappa shape index (κ3) is 0.746. The molecule has 0 fully saturated rings. The third-order valence-electron chi connectivity index (χ3n) is 0.826. The van der Waals surface area contributed by atoms with E-state index in [1.54, 1.807) is 0 Å². The molecular formula is C4H6ClP. The Bertz CT molecular complexity index is 85.5. The zero-order valence-corrected chi connectivity index (χ0v) is 5.23. The van der Waals surface area contributed by atoms with Crippen molar-refractivity contribution < 1.29 is 0 Å². The number of alkyl halides is 1. The monoisotopic (exact) mass is 120 g/mol. The summed E-state index contributed by atoms with van der Waals surface area (Å²) in [5.41, 5.74) is 0. The van der Waals surface area contributed by atoms with Crippen LogP contribution in [0.3, 0.4) is 0 Å². The van der Waals surface area contributed by atoms with Crippen LogP contribution >= 0.6 is 20.8 Å². The molecule has 0 N–H and O–H groups in total. The summed E-state index contributed by atoms with van der Waals surface area (Å²) in [6.07, 6.45) is 5.03. The predicted octanol–water partition coefficient (Wildman–Crippen LogP) is 1.76. The van der Waals surface area contributed by atoms with E-state index in [0.29, 0.717) is 0 Å². The van der Waals surface area contributed by atoms with Gasteiger partial charge in [0, 0.05) is 0 Å². The summed E-state index contributed by atoms with van der Waals surface area (Å²) >= 11 is 5.68. The molecule has 0 bridgehead atoms. The summed E-state index contributed by atoms with van der Waals surface area (Å²) in [6, 6.07) is 0. The van der Waals surface area contributed by atoms with Gasteiger partial charge in [0.15, 0.2) is 0 Å². The molecule has 0 aromatic rings. The van der Waals surface area contributed by atoms with E-state index in [0.717, 1.165) is 6.42 Å². The highest BCUT2D eigenvalue weighted by Gasteiger charge is 2.20. The smallest absolute Gasteiger partial charge is 0.0795 e. The van der Waals surface area contributed by atoms with Crippen molar-refractivity contribution in [1.29, 1.82) is 0 Å². The van der Waals surface area contributed by atoms with Crippen LogP contribution in [0.2, 0.25) is 0 Å². The predicted molar refractivity (Wildman–Crippen MR) is 32.1 cm³/mol. The molecule has 0 radical (unpaired) electrons. The summed E-state index contributed by atoms with van der Waals surface area (Å²) in [6.45, 7) is 0. The molecule has 1 aliphatic rings. The van der Waals surface area contributed by atoms with Crippen molar-refractivity contribution in [3.63, 3.8) is 0 Å². The molecule has 1 rings (SSSR count). The second kappa shape index (κ2) is 1.21. The van der Waals surface area contributed by atoms with Crippen LogP contribution in [-0.4, -0.2) is 4.62 Å². The van der Waals surface area contributed by atoms with Crippen LogP contribution in [0.5, 0.6) is 0 Å². The van der Waals surface area contributed by atoms with Gasteiger partial charge in [0.2, 0.25) is 0 Å². The number of hydrogen-bond donors (Lipinski definition) is 0. The lowest BCUT2D eigenvalue weighted by Gasteiger charge is -2.21. The second-order valence-corrected chi connectivity index (χ2v) is 3.63. The SMILES string of the molecule is PC1(Cl)C=CC1. The van der Waals surface area contributed by atoms with Crippen LogP contribution in [0.15, 0.2) is 12.2 Å². The first-order valence-corrected chi connectivity index (χ1v) is 2.82. The number of halogens is 1. The van der Waals surface area contributed by atoms with E-state index in [1.165, 1.54) is 0 Å². The first-order chi connectivity index (χ1) is 2.71. The van der Waals surface area contributed by atoms with Crippen molar-refractivity contribution in [2.45, 2.75) is 11.0 Å². The topological polar surface area (TPSA) is 0 Å². The van der Waals surface area contributed by atoms with Gasteiger partial charge in [-0.15, -0.1) is 20.8 Å². The molecule has 0 aromatic heterocycles. The van der Waals surface area contributed by atoms with E-state index in [1.807, 2.05) is 6.08 Å². The molecule has 2 heteroatoms. The quantitative estimate of drug-likeness (QED) is 0.260. The van der Waals surface area contributed by atoms with Crippen molar-refractivity contribution in [3.05, 3.63) is 12.2 Å². The number of allylic oxidation sites excluding steroid dienone is 2. The molecule has 2 unspecified atom stereocenters.